The first kappa shape index (κ1) is 27.8. The van der Waals surface area contributed by atoms with Gasteiger partial charge in [0.05, 0.1) is 0 Å². The largest absolute Gasteiger partial charge is 0.351 e. The van der Waals surface area contributed by atoms with Crippen molar-refractivity contribution >= 4 is 79.1 Å². The van der Waals surface area contributed by atoms with Crippen molar-refractivity contribution in [1.29, 1.82) is 0 Å². The lowest BCUT2D eigenvalue weighted by Crippen LogP contribution is -2.33. The monoisotopic (exact) mass is 633 g/mol. The molecule has 2 fully saturated rings. The van der Waals surface area contributed by atoms with E-state index in [-0.39, 0.29) is 28.9 Å². The molecule has 3 amide bonds. The first-order chi connectivity index (χ1) is 21.8. The fraction of sp³-hybridized carbons (Fsp3) is 0.176. The molecule has 1 saturated heterocycles. The molecule has 3 aromatic carbocycles. The van der Waals surface area contributed by atoms with E-state index in [0.29, 0.717) is 47.4 Å². The molecule has 3 heterocycles. The Labute approximate surface area is 266 Å². The van der Waals surface area contributed by atoms with E-state index < -0.39 is 0 Å². The molecular weight excluding hydrogens is 607 g/mol. The quantitative estimate of drug-likeness (QED) is 0.106. The normalized spacial score (nSPS) is 19.6. The summed E-state index contributed by atoms with van der Waals surface area (Å²) in [7, 11) is 1.31. The van der Waals surface area contributed by atoms with Crippen LogP contribution in [0, 0.1) is 5.92 Å². The smallest absolute Gasteiger partial charge is 0.274 e. The van der Waals surface area contributed by atoms with Crippen molar-refractivity contribution in [1.82, 2.24) is 14.9 Å². The van der Waals surface area contributed by atoms with Crippen LogP contribution >= 0.6 is 22.5 Å². The Bertz CT molecular complexity index is 2130. The van der Waals surface area contributed by atoms with Gasteiger partial charge < -0.3 is 25.5 Å². The van der Waals surface area contributed by atoms with E-state index >= 15 is 0 Å². The van der Waals surface area contributed by atoms with Crippen LogP contribution in [0.15, 0.2) is 84.6 Å². The first-order valence-electron chi connectivity index (χ1n) is 14.6. The van der Waals surface area contributed by atoms with Crippen LogP contribution in [0.3, 0.4) is 0 Å². The molecule has 45 heavy (non-hydrogen) atoms. The van der Waals surface area contributed by atoms with Gasteiger partial charge >= 0.3 is 0 Å². The third-order valence-electron chi connectivity index (χ3n) is 9.12. The third-order valence-corrected chi connectivity index (χ3v) is 10.1. The van der Waals surface area contributed by atoms with Gasteiger partial charge in [-0.3, -0.25) is 19.2 Å². The number of H-pyrrole nitrogens is 2. The van der Waals surface area contributed by atoms with Gasteiger partial charge in [-0.25, -0.2) is 0 Å². The summed E-state index contributed by atoms with van der Waals surface area (Å²) < 4.78 is 0. The number of benzene rings is 3. The molecule has 8 rings (SSSR count). The summed E-state index contributed by atoms with van der Waals surface area (Å²) >= 11 is 4.06. The summed E-state index contributed by atoms with van der Waals surface area (Å²) in [5.41, 5.74) is 5.91. The molecule has 0 bridgehead atoms. The highest BCUT2D eigenvalue weighted by Gasteiger charge is 2.67. The summed E-state index contributed by atoms with van der Waals surface area (Å²) in [4.78, 5) is 60.0. The predicted molar refractivity (Wildman–Crippen MR) is 179 cm³/mol. The molecule has 3 aliphatic rings. The Kier molecular flexibility index (Phi) is 6.43. The van der Waals surface area contributed by atoms with E-state index in [0.717, 1.165) is 45.1 Å². The molecule has 0 radical (unpaired) electrons. The molecule has 1 saturated carbocycles. The van der Waals surface area contributed by atoms with Gasteiger partial charge in [0.25, 0.3) is 11.8 Å². The van der Waals surface area contributed by atoms with Crippen LogP contribution < -0.4 is 10.6 Å². The molecular formula is C34H27N5O4S2. The minimum Gasteiger partial charge on any atom is -0.351 e. The molecule has 2 aliphatic carbocycles. The molecule has 0 unspecified atom stereocenters. The minimum absolute atomic E-state index is 0.0602. The number of hydrogen-bond acceptors (Lipinski definition) is 6. The van der Waals surface area contributed by atoms with Crippen LogP contribution in [0.25, 0.3) is 21.8 Å². The summed E-state index contributed by atoms with van der Waals surface area (Å²) in [5, 5.41) is 7.38. The maximum absolute atomic E-state index is 13.8. The summed E-state index contributed by atoms with van der Waals surface area (Å²) in [6.45, 7) is 0.580. The van der Waals surface area contributed by atoms with Gasteiger partial charge in [-0.2, -0.15) is 0 Å². The number of rotatable bonds is 7. The second kappa shape index (κ2) is 10.4. The molecule has 4 N–H and O–H groups in total. The highest BCUT2D eigenvalue weighted by molar-refractivity contribution is 8.68. The Balaban J connectivity index is 0.990. The lowest BCUT2D eigenvalue weighted by molar-refractivity contribution is -0.115. The van der Waals surface area contributed by atoms with E-state index in [1.165, 1.54) is 10.8 Å². The average Bonchev–Trinajstić information content (AvgIpc) is 3.33. The number of piperidine rings is 1. The van der Waals surface area contributed by atoms with E-state index in [4.69, 9.17) is 0 Å². The van der Waals surface area contributed by atoms with Crippen LogP contribution in [-0.2, 0) is 10.2 Å². The van der Waals surface area contributed by atoms with E-state index in [2.05, 4.69) is 32.3 Å². The third kappa shape index (κ3) is 4.57. The van der Waals surface area contributed by atoms with Crippen molar-refractivity contribution < 1.29 is 19.2 Å². The van der Waals surface area contributed by atoms with Crippen LogP contribution in [0.1, 0.15) is 49.7 Å². The number of aromatic amines is 2. The second-order valence-corrected chi connectivity index (χ2v) is 13.2. The van der Waals surface area contributed by atoms with Crippen molar-refractivity contribution in [2.45, 2.75) is 18.3 Å². The van der Waals surface area contributed by atoms with Gasteiger partial charge in [0, 0.05) is 74.7 Å². The van der Waals surface area contributed by atoms with E-state index in [1.54, 1.807) is 35.2 Å². The average molecular weight is 634 g/mol. The van der Waals surface area contributed by atoms with Crippen LogP contribution in [-0.4, -0.2) is 50.7 Å². The number of fused-ring (bicyclic) bond motifs is 3. The standard InChI is InChI=1S/C34H27N5O4S2/c40-29-15-30-34(24-4-2-1-3-23(24)29)16-20(34)17-39(30)33(43)28-14-19-12-22(6-8-26(19)38-28)36-32(42)27-13-18-11-21(5-7-25(18)37-27)35-31(41)9-10-45-44/h1-8,11-15,20,37-38,44H,9-10,16-17H2,(H,35,41)(H,36,42)/t20-,34-/m1/s1. The number of thiol groups is 1. The number of aromatic nitrogens is 2. The number of anilines is 2. The molecule has 224 valence electrons. The number of carbonyl (C=O) groups is 4. The van der Waals surface area contributed by atoms with Crippen LogP contribution in [0.2, 0.25) is 0 Å². The van der Waals surface area contributed by atoms with Gasteiger partial charge in [0.2, 0.25) is 5.91 Å². The lowest BCUT2D eigenvalue weighted by atomic mass is 9.81. The molecule has 5 aromatic rings. The van der Waals surface area contributed by atoms with Crippen LogP contribution in [0.4, 0.5) is 11.4 Å². The number of carbonyl (C=O) groups excluding carboxylic acids is 4. The summed E-state index contributed by atoms with van der Waals surface area (Å²) in [6, 6.07) is 22.1. The minimum atomic E-state index is -0.315. The number of ketones is 1. The zero-order valence-electron chi connectivity index (χ0n) is 23.8. The fourth-order valence-electron chi connectivity index (χ4n) is 6.94. The highest BCUT2D eigenvalue weighted by Crippen LogP contribution is 2.66. The second-order valence-electron chi connectivity index (χ2n) is 11.8. The van der Waals surface area contributed by atoms with Gasteiger partial charge in [0.15, 0.2) is 5.78 Å². The molecule has 1 spiro atoms. The fourth-order valence-corrected chi connectivity index (χ4v) is 7.49. The Morgan fingerprint density at radius 3 is 2.36 bits per heavy atom. The molecule has 2 atom stereocenters. The van der Waals surface area contributed by atoms with Gasteiger partial charge in [-0.05, 0) is 66.4 Å². The van der Waals surface area contributed by atoms with E-state index in [9.17, 15) is 19.2 Å². The van der Waals surface area contributed by atoms with Gasteiger partial charge in [-0.15, -0.1) is 11.7 Å². The first-order valence-corrected chi connectivity index (χ1v) is 16.7. The van der Waals surface area contributed by atoms with E-state index in [1.807, 2.05) is 48.5 Å². The number of allylic oxidation sites excluding steroid dienone is 2. The van der Waals surface area contributed by atoms with Crippen molar-refractivity contribution in [3.63, 3.8) is 0 Å². The maximum atomic E-state index is 13.8. The van der Waals surface area contributed by atoms with Crippen molar-refractivity contribution in [2.24, 2.45) is 5.92 Å². The predicted octanol–water partition coefficient (Wildman–Crippen LogP) is 6.30. The highest BCUT2D eigenvalue weighted by atomic mass is 33.1. The number of nitrogens with zero attached hydrogens (tertiary/aromatic N) is 1. The Morgan fingerprint density at radius 1 is 0.911 bits per heavy atom. The Morgan fingerprint density at radius 2 is 1.60 bits per heavy atom. The number of amides is 3. The molecule has 1 aliphatic heterocycles. The zero-order valence-corrected chi connectivity index (χ0v) is 25.6. The molecule has 2 aromatic heterocycles. The van der Waals surface area contributed by atoms with Crippen molar-refractivity contribution in [3.8, 4) is 0 Å². The SMILES string of the molecule is O=C(CCSS)Nc1ccc2[nH]c(C(=O)Nc3ccc4[nH]c(C(=O)N5C[C@H]6C[C@@]67C5=CC(=O)c5ccccc57)cc4c3)cc2c1. The van der Waals surface area contributed by atoms with Crippen molar-refractivity contribution in [2.75, 3.05) is 22.9 Å². The summed E-state index contributed by atoms with van der Waals surface area (Å²) in [6.07, 6.45) is 2.96. The maximum Gasteiger partial charge on any atom is 0.274 e. The van der Waals surface area contributed by atoms with Gasteiger partial charge in [-0.1, -0.05) is 35.1 Å². The number of likely N-dealkylation sites (tertiary alicyclic amines) is 1. The lowest BCUT2D eigenvalue weighted by Gasteiger charge is -2.29. The summed E-state index contributed by atoms with van der Waals surface area (Å²) in [5.74, 6) is 0.288. The zero-order chi connectivity index (χ0) is 30.9. The number of hydrogen-bond donors (Lipinski definition) is 5. The number of nitrogens with one attached hydrogen (secondary N) is 4. The molecule has 11 heteroatoms. The van der Waals surface area contributed by atoms with Crippen molar-refractivity contribution in [3.05, 3.63) is 107 Å². The van der Waals surface area contributed by atoms with Crippen LogP contribution in [0.5, 0.6) is 0 Å². The Hall–Kier alpha value is -4.74. The topological polar surface area (TPSA) is 127 Å². The molecule has 9 nitrogen and oxygen atoms in total. The van der Waals surface area contributed by atoms with Gasteiger partial charge in [0.1, 0.15) is 11.4 Å².